The molecule has 0 N–H and O–H groups in total. The molecule has 0 heterocycles. The van der Waals surface area contributed by atoms with Gasteiger partial charge in [0.15, 0.2) is 0 Å². The highest BCUT2D eigenvalue weighted by atomic mass is 14.0. The highest BCUT2D eigenvalue weighted by Gasteiger charge is 1.95. The van der Waals surface area contributed by atoms with Crippen LogP contribution in [0.25, 0.3) is 0 Å². The van der Waals surface area contributed by atoms with Gasteiger partial charge in [0.1, 0.15) is 0 Å². The van der Waals surface area contributed by atoms with E-state index in [0.29, 0.717) is 0 Å². The topological polar surface area (TPSA) is 0 Å². The SMILES string of the molecule is C.C.C.C.CC(C)CCC(C)C. The predicted molar refractivity (Wildman–Crippen MR) is 65.8 cm³/mol. The first-order valence-electron chi connectivity index (χ1n) is 3.63. The van der Waals surface area contributed by atoms with Gasteiger partial charge in [-0.1, -0.05) is 70.2 Å². The predicted octanol–water partition coefficient (Wildman–Crippen LogP) is 5.62. The fraction of sp³-hybridized carbons (Fsp3) is 1.00. The smallest absolute Gasteiger partial charge is 0.0471 e. The molecule has 0 aromatic carbocycles. The van der Waals surface area contributed by atoms with Gasteiger partial charge in [0, 0.05) is 0 Å². The zero-order chi connectivity index (χ0) is 6.57. The molecule has 0 fully saturated rings. The Labute approximate surface area is 82.8 Å². The van der Waals surface area contributed by atoms with Gasteiger partial charge in [0.25, 0.3) is 0 Å². The average molecular weight is 178 g/mol. The molecule has 0 nitrogen and oxygen atoms in total. The van der Waals surface area contributed by atoms with Crippen molar-refractivity contribution in [2.24, 2.45) is 11.8 Å². The summed E-state index contributed by atoms with van der Waals surface area (Å²) < 4.78 is 0. The lowest BCUT2D eigenvalue weighted by atomic mass is 10.0. The van der Waals surface area contributed by atoms with Gasteiger partial charge in [-0.05, 0) is 11.8 Å². The summed E-state index contributed by atoms with van der Waals surface area (Å²) >= 11 is 0. The van der Waals surface area contributed by atoms with Crippen LogP contribution in [0, 0.1) is 11.8 Å². The largest absolute Gasteiger partial charge is 0.0776 e. The maximum absolute atomic E-state index is 2.28. The third-order valence-corrected chi connectivity index (χ3v) is 1.32. The van der Waals surface area contributed by atoms with Crippen LogP contribution in [0.3, 0.4) is 0 Å². The first-order valence-corrected chi connectivity index (χ1v) is 3.63. The van der Waals surface area contributed by atoms with E-state index in [1.54, 1.807) is 0 Å². The molecule has 0 amide bonds. The van der Waals surface area contributed by atoms with Crippen molar-refractivity contribution in [1.29, 1.82) is 0 Å². The fourth-order valence-electron chi connectivity index (χ4n) is 0.667. The maximum Gasteiger partial charge on any atom is -0.0471 e. The van der Waals surface area contributed by atoms with Crippen LogP contribution < -0.4 is 0 Å². The molecule has 0 aliphatic rings. The molecule has 0 aliphatic carbocycles. The summed E-state index contributed by atoms with van der Waals surface area (Å²) in [6, 6.07) is 0. The zero-order valence-corrected chi connectivity index (χ0v) is 6.57. The second-order valence-electron chi connectivity index (χ2n) is 3.37. The highest BCUT2D eigenvalue weighted by molar-refractivity contribution is 4.48. The molecule has 0 aromatic rings. The fourth-order valence-corrected chi connectivity index (χ4v) is 0.667. The van der Waals surface area contributed by atoms with Crippen molar-refractivity contribution in [2.75, 3.05) is 0 Å². The molecule has 82 valence electrons. The van der Waals surface area contributed by atoms with E-state index in [-0.39, 0.29) is 29.7 Å². The van der Waals surface area contributed by atoms with Crippen LogP contribution in [-0.2, 0) is 0 Å². The van der Waals surface area contributed by atoms with E-state index in [1.807, 2.05) is 0 Å². The average Bonchev–Trinajstić information content (AvgIpc) is 1.61. The molecule has 0 saturated carbocycles. The molecule has 12 heavy (non-hydrogen) atoms. The number of hydrogen-bond donors (Lipinski definition) is 0. The van der Waals surface area contributed by atoms with E-state index >= 15 is 0 Å². The van der Waals surface area contributed by atoms with Crippen LogP contribution >= 0.6 is 0 Å². The van der Waals surface area contributed by atoms with Gasteiger partial charge in [-0.15, -0.1) is 0 Å². The first kappa shape index (κ1) is 29.6. The zero-order valence-electron chi connectivity index (χ0n) is 6.57. The van der Waals surface area contributed by atoms with E-state index in [4.69, 9.17) is 0 Å². The lowest BCUT2D eigenvalue weighted by Gasteiger charge is -2.05. The Bertz CT molecular complexity index is 36.0. The minimum atomic E-state index is 0. The Morgan fingerprint density at radius 3 is 0.833 bits per heavy atom. The van der Waals surface area contributed by atoms with Crippen molar-refractivity contribution in [3.8, 4) is 0 Å². The summed E-state index contributed by atoms with van der Waals surface area (Å²) in [4.78, 5) is 0. The van der Waals surface area contributed by atoms with E-state index in [2.05, 4.69) is 27.7 Å². The van der Waals surface area contributed by atoms with Gasteiger partial charge >= 0.3 is 0 Å². The van der Waals surface area contributed by atoms with Crippen LogP contribution in [0.4, 0.5) is 0 Å². The van der Waals surface area contributed by atoms with Crippen LogP contribution in [0.15, 0.2) is 0 Å². The first-order chi connectivity index (χ1) is 3.63. The van der Waals surface area contributed by atoms with Gasteiger partial charge in [-0.2, -0.15) is 0 Å². The Kier molecular flexibility index (Phi) is 42.4. The van der Waals surface area contributed by atoms with E-state index in [0.717, 1.165) is 11.8 Å². The number of hydrogen-bond acceptors (Lipinski definition) is 0. The highest BCUT2D eigenvalue weighted by Crippen LogP contribution is 2.09. The Hall–Kier alpha value is 0. The van der Waals surface area contributed by atoms with Crippen molar-refractivity contribution < 1.29 is 0 Å². The van der Waals surface area contributed by atoms with Gasteiger partial charge in [-0.3, -0.25) is 0 Å². The molecule has 0 atom stereocenters. The van der Waals surface area contributed by atoms with Crippen molar-refractivity contribution in [2.45, 2.75) is 70.2 Å². The number of rotatable bonds is 3. The standard InChI is InChI=1S/C8H18.4CH4/c1-7(2)5-6-8(3)4;;;;/h7-8H,5-6H2,1-4H3;4*1H4. The Morgan fingerprint density at radius 1 is 0.583 bits per heavy atom. The van der Waals surface area contributed by atoms with Gasteiger partial charge < -0.3 is 0 Å². The maximum atomic E-state index is 2.28. The lowest BCUT2D eigenvalue weighted by molar-refractivity contribution is 0.476. The minimum absolute atomic E-state index is 0. The molecular weight excluding hydrogens is 144 g/mol. The normalized spacial score (nSPS) is 7.50. The molecule has 0 rings (SSSR count). The third kappa shape index (κ3) is 32.4. The van der Waals surface area contributed by atoms with Crippen LogP contribution in [0.2, 0.25) is 0 Å². The summed E-state index contributed by atoms with van der Waals surface area (Å²) in [5, 5.41) is 0. The quantitative estimate of drug-likeness (QED) is 0.526. The summed E-state index contributed by atoms with van der Waals surface area (Å²) in [6.45, 7) is 9.12. The van der Waals surface area contributed by atoms with Crippen LogP contribution in [-0.4, -0.2) is 0 Å². The van der Waals surface area contributed by atoms with Gasteiger partial charge in [-0.25, -0.2) is 0 Å². The molecule has 0 heteroatoms. The van der Waals surface area contributed by atoms with Crippen molar-refractivity contribution >= 4 is 0 Å². The summed E-state index contributed by atoms with van der Waals surface area (Å²) in [7, 11) is 0. The van der Waals surface area contributed by atoms with Crippen molar-refractivity contribution in [3.05, 3.63) is 0 Å². The minimum Gasteiger partial charge on any atom is -0.0776 e. The molecule has 0 saturated heterocycles. The monoisotopic (exact) mass is 178 g/mol. The van der Waals surface area contributed by atoms with E-state index in [1.165, 1.54) is 12.8 Å². The van der Waals surface area contributed by atoms with Crippen LogP contribution in [0.5, 0.6) is 0 Å². The molecule has 0 aliphatic heterocycles. The summed E-state index contributed by atoms with van der Waals surface area (Å²) in [6.07, 6.45) is 2.77. The lowest BCUT2D eigenvalue weighted by Crippen LogP contribution is -1.91. The second kappa shape index (κ2) is 17.2. The molecule has 0 aromatic heterocycles. The Balaban J connectivity index is -0.0000000408. The van der Waals surface area contributed by atoms with E-state index < -0.39 is 0 Å². The molecule has 0 unspecified atom stereocenters. The van der Waals surface area contributed by atoms with Gasteiger partial charge in [0.2, 0.25) is 0 Å². The Morgan fingerprint density at radius 2 is 0.750 bits per heavy atom. The molecule has 0 spiro atoms. The summed E-state index contributed by atoms with van der Waals surface area (Å²) in [5.41, 5.74) is 0. The third-order valence-electron chi connectivity index (χ3n) is 1.32. The summed E-state index contributed by atoms with van der Waals surface area (Å²) in [5.74, 6) is 1.77. The molecule has 0 radical (unpaired) electrons. The second-order valence-corrected chi connectivity index (χ2v) is 3.37. The van der Waals surface area contributed by atoms with Crippen molar-refractivity contribution in [1.82, 2.24) is 0 Å². The van der Waals surface area contributed by atoms with Gasteiger partial charge in [0.05, 0.1) is 0 Å². The van der Waals surface area contributed by atoms with Crippen LogP contribution in [0.1, 0.15) is 70.2 Å². The molecular formula is C12H34. The van der Waals surface area contributed by atoms with E-state index in [9.17, 15) is 0 Å². The van der Waals surface area contributed by atoms with Crippen molar-refractivity contribution in [3.63, 3.8) is 0 Å². The molecule has 0 bridgehead atoms.